The van der Waals surface area contributed by atoms with Gasteiger partial charge in [0.05, 0.1) is 12.8 Å². The first kappa shape index (κ1) is 13.8. The van der Waals surface area contributed by atoms with Crippen molar-refractivity contribution < 1.29 is 13.4 Å². The Labute approximate surface area is 115 Å². The highest BCUT2D eigenvalue weighted by Gasteiger charge is 2.10. The summed E-state index contributed by atoms with van der Waals surface area (Å²) in [6, 6.07) is 7.59. The third-order valence-corrected chi connectivity index (χ3v) is 4.04. The Bertz CT molecular complexity index is 573. The molecule has 0 saturated carbocycles. The van der Waals surface area contributed by atoms with Gasteiger partial charge in [-0.3, -0.25) is 4.21 Å². The predicted molar refractivity (Wildman–Crippen MR) is 74.5 cm³/mol. The molecule has 0 unspecified atom stereocenters. The lowest BCUT2D eigenvalue weighted by atomic mass is 10.2. The zero-order chi connectivity index (χ0) is 13.8. The molecule has 1 aromatic heterocycles. The molecule has 2 aromatic rings. The number of benzene rings is 1. The lowest BCUT2D eigenvalue weighted by Gasteiger charge is -2.03. The van der Waals surface area contributed by atoms with Crippen LogP contribution in [0.4, 0.5) is 0 Å². The van der Waals surface area contributed by atoms with Gasteiger partial charge in [0.25, 0.3) is 0 Å². The molecule has 19 heavy (non-hydrogen) atoms. The Morgan fingerprint density at radius 1 is 1.32 bits per heavy atom. The Morgan fingerprint density at radius 2 is 2.11 bits per heavy atom. The molecule has 5 heteroatoms. The van der Waals surface area contributed by atoms with Gasteiger partial charge in [0.1, 0.15) is 17.3 Å². The fraction of sp³-hybridized carbons (Fsp3) is 0.357. The van der Waals surface area contributed by atoms with E-state index in [0.717, 1.165) is 22.8 Å². The van der Waals surface area contributed by atoms with Gasteiger partial charge in [-0.15, -0.1) is 0 Å². The van der Waals surface area contributed by atoms with Crippen LogP contribution in [0.5, 0.6) is 5.75 Å². The zero-order valence-corrected chi connectivity index (χ0v) is 12.1. The van der Waals surface area contributed by atoms with Crippen LogP contribution in [0.3, 0.4) is 0 Å². The topological polar surface area (TPSA) is 52.3 Å². The van der Waals surface area contributed by atoms with Crippen molar-refractivity contribution in [1.82, 2.24) is 4.98 Å². The summed E-state index contributed by atoms with van der Waals surface area (Å²) in [6.45, 7) is 3.74. The number of ether oxygens (including phenoxy) is 1. The first-order valence-electron chi connectivity index (χ1n) is 5.99. The Hall–Kier alpha value is -1.62. The Balaban J connectivity index is 2.00. The number of methoxy groups -OCH3 is 1. The van der Waals surface area contributed by atoms with E-state index in [-0.39, 0.29) is 0 Å². The summed E-state index contributed by atoms with van der Waals surface area (Å²) in [7, 11) is 0.580. The monoisotopic (exact) mass is 279 g/mol. The van der Waals surface area contributed by atoms with E-state index in [0.29, 0.717) is 17.4 Å². The average molecular weight is 279 g/mol. The fourth-order valence-corrected chi connectivity index (χ4v) is 2.79. The maximum Gasteiger partial charge on any atom is 0.207 e. The lowest BCUT2D eigenvalue weighted by molar-refractivity contribution is 0.414. The first-order valence-corrected chi connectivity index (χ1v) is 7.48. The normalized spacial score (nSPS) is 12.4. The third kappa shape index (κ3) is 3.67. The number of aromatic nitrogens is 1. The summed E-state index contributed by atoms with van der Waals surface area (Å²) < 4.78 is 22.7. The second kappa shape index (κ2) is 6.02. The molecule has 0 spiro atoms. The maximum absolute atomic E-state index is 12.1. The number of hydrogen-bond acceptors (Lipinski definition) is 4. The molecule has 0 bridgehead atoms. The zero-order valence-electron chi connectivity index (χ0n) is 11.3. The minimum absolute atomic E-state index is 0.339. The van der Waals surface area contributed by atoms with Crippen LogP contribution in [-0.2, 0) is 22.3 Å². The van der Waals surface area contributed by atoms with Crippen molar-refractivity contribution in [1.29, 1.82) is 0 Å². The number of hydrogen-bond donors (Lipinski definition) is 0. The average Bonchev–Trinajstić information content (AvgIpc) is 2.68. The van der Waals surface area contributed by atoms with Crippen molar-refractivity contribution in [3.63, 3.8) is 0 Å². The van der Waals surface area contributed by atoms with Crippen molar-refractivity contribution >= 4 is 10.8 Å². The van der Waals surface area contributed by atoms with Crippen LogP contribution in [0.15, 0.2) is 28.7 Å². The molecule has 102 valence electrons. The molecule has 1 atom stereocenters. The van der Waals surface area contributed by atoms with Crippen molar-refractivity contribution in [2.75, 3.05) is 7.11 Å². The van der Waals surface area contributed by atoms with E-state index < -0.39 is 10.8 Å². The van der Waals surface area contributed by atoms with Crippen LogP contribution in [0.25, 0.3) is 0 Å². The van der Waals surface area contributed by atoms with Crippen LogP contribution in [0, 0.1) is 13.8 Å². The summed E-state index contributed by atoms with van der Waals surface area (Å²) in [6.07, 6.45) is 0. The highest BCUT2D eigenvalue weighted by molar-refractivity contribution is 7.83. The molecular formula is C14H17NO3S. The Morgan fingerprint density at radius 3 is 2.74 bits per heavy atom. The molecule has 0 amide bonds. The number of aryl methyl sites for hydroxylation is 2. The van der Waals surface area contributed by atoms with Gasteiger partial charge in [-0.25, -0.2) is 4.98 Å². The number of rotatable bonds is 5. The third-order valence-electron chi connectivity index (χ3n) is 2.82. The SMILES string of the molecule is COc1cccc(C[S@](=O)Cc2nc(C)c(C)o2)c1. The van der Waals surface area contributed by atoms with E-state index in [1.807, 2.05) is 38.1 Å². The Kier molecular flexibility index (Phi) is 4.37. The highest BCUT2D eigenvalue weighted by atomic mass is 32.2. The largest absolute Gasteiger partial charge is 0.497 e. The molecule has 0 radical (unpaired) electrons. The molecule has 0 fully saturated rings. The molecule has 1 heterocycles. The molecule has 4 nitrogen and oxygen atoms in total. The second-order valence-corrected chi connectivity index (χ2v) is 5.79. The maximum atomic E-state index is 12.1. The van der Waals surface area contributed by atoms with Gasteiger partial charge in [-0.05, 0) is 31.5 Å². The summed E-state index contributed by atoms with van der Waals surface area (Å²) in [5.41, 5.74) is 1.84. The van der Waals surface area contributed by atoms with Gasteiger partial charge in [-0.1, -0.05) is 12.1 Å². The van der Waals surface area contributed by atoms with E-state index in [4.69, 9.17) is 9.15 Å². The molecule has 0 aliphatic carbocycles. The van der Waals surface area contributed by atoms with E-state index in [2.05, 4.69) is 4.98 Å². The first-order chi connectivity index (χ1) is 9.08. The lowest BCUT2D eigenvalue weighted by Crippen LogP contribution is -2.00. The number of nitrogens with zero attached hydrogens (tertiary/aromatic N) is 1. The standard InChI is InChI=1S/C14H17NO3S/c1-10-11(2)18-14(15-10)9-19(16)8-12-5-4-6-13(7-12)17-3/h4-7H,8-9H2,1-3H3/t19-/m0/s1. The van der Waals surface area contributed by atoms with Gasteiger partial charge in [0, 0.05) is 16.6 Å². The molecule has 0 N–H and O–H groups in total. The van der Waals surface area contributed by atoms with E-state index in [1.54, 1.807) is 7.11 Å². The summed E-state index contributed by atoms with van der Waals surface area (Å²) in [5.74, 6) is 2.91. The quantitative estimate of drug-likeness (QED) is 0.844. The van der Waals surface area contributed by atoms with Crippen LogP contribution in [-0.4, -0.2) is 16.3 Å². The summed E-state index contributed by atoms with van der Waals surface area (Å²) in [5, 5.41) is 0. The van der Waals surface area contributed by atoms with Gasteiger partial charge in [-0.2, -0.15) is 0 Å². The second-order valence-electron chi connectivity index (χ2n) is 4.33. The molecule has 0 saturated heterocycles. The van der Waals surface area contributed by atoms with E-state index in [9.17, 15) is 4.21 Å². The minimum Gasteiger partial charge on any atom is -0.497 e. The van der Waals surface area contributed by atoms with Crippen LogP contribution in [0.1, 0.15) is 22.9 Å². The van der Waals surface area contributed by atoms with Crippen LogP contribution < -0.4 is 4.74 Å². The molecular weight excluding hydrogens is 262 g/mol. The fourth-order valence-electron chi connectivity index (χ4n) is 1.74. The highest BCUT2D eigenvalue weighted by Crippen LogP contribution is 2.16. The number of oxazole rings is 1. The van der Waals surface area contributed by atoms with Crippen molar-refractivity contribution in [2.45, 2.75) is 25.4 Å². The minimum atomic E-state index is -1.04. The summed E-state index contributed by atoms with van der Waals surface area (Å²) in [4.78, 5) is 4.24. The van der Waals surface area contributed by atoms with Gasteiger partial charge >= 0.3 is 0 Å². The summed E-state index contributed by atoms with van der Waals surface area (Å²) >= 11 is 0. The van der Waals surface area contributed by atoms with Crippen LogP contribution in [0.2, 0.25) is 0 Å². The van der Waals surface area contributed by atoms with Crippen LogP contribution >= 0.6 is 0 Å². The van der Waals surface area contributed by atoms with Gasteiger partial charge in [0.2, 0.25) is 5.89 Å². The molecule has 2 rings (SSSR count). The van der Waals surface area contributed by atoms with E-state index in [1.165, 1.54) is 0 Å². The molecule has 0 aliphatic rings. The van der Waals surface area contributed by atoms with Crippen molar-refractivity contribution in [3.05, 3.63) is 47.2 Å². The predicted octanol–water partition coefficient (Wildman–Crippen LogP) is 2.75. The molecule has 1 aromatic carbocycles. The van der Waals surface area contributed by atoms with Gasteiger partial charge in [0.15, 0.2) is 0 Å². The van der Waals surface area contributed by atoms with Crippen molar-refractivity contribution in [2.24, 2.45) is 0 Å². The van der Waals surface area contributed by atoms with Crippen molar-refractivity contribution in [3.8, 4) is 5.75 Å². The van der Waals surface area contributed by atoms with Gasteiger partial charge < -0.3 is 9.15 Å². The molecule has 0 aliphatic heterocycles. The smallest absolute Gasteiger partial charge is 0.207 e. The van der Waals surface area contributed by atoms with E-state index >= 15 is 0 Å².